The summed E-state index contributed by atoms with van der Waals surface area (Å²) in [4.78, 5) is 11.6. The zero-order chi connectivity index (χ0) is 14.5. The molecule has 1 amide bonds. The van der Waals surface area contributed by atoms with Crippen molar-refractivity contribution < 1.29 is 14.6 Å². The smallest absolute Gasteiger partial charge is 0.399 e. The van der Waals surface area contributed by atoms with Crippen molar-refractivity contribution in [3.05, 3.63) is 41.1 Å². The van der Waals surface area contributed by atoms with Crippen LogP contribution in [-0.2, 0) is 11.2 Å². The van der Waals surface area contributed by atoms with Crippen molar-refractivity contribution in [1.82, 2.24) is 5.06 Å². The van der Waals surface area contributed by atoms with E-state index in [1.807, 2.05) is 30.3 Å². The van der Waals surface area contributed by atoms with Gasteiger partial charge in [0.25, 0.3) is 0 Å². The lowest BCUT2D eigenvalue weighted by atomic mass is 10.1. The summed E-state index contributed by atoms with van der Waals surface area (Å²) >= 11 is 0. The van der Waals surface area contributed by atoms with E-state index in [9.17, 15) is 15.1 Å². The standard InChI is InChI=1S/C14H20NO4/c1-14(2,3)19-13(17)15(18)12(10-16)9-11-7-5-4-6-8-11/h4-8,12,16H,9-10H2,1-3H3/q-1/t12-/m0/s1. The van der Waals surface area contributed by atoms with Gasteiger partial charge < -0.3 is 20.1 Å². The third-order valence-corrected chi connectivity index (χ3v) is 2.43. The van der Waals surface area contributed by atoms with Gasteiger partial charge >= 0.3 is 6.09 Å². The predicted octanol–water partition coefficient (Wildman–Crippen LogP) is 2.32. The molecule has 0 saturated heterocycles. The zero-order valence-corrected chi connectivity index (χ0v) is 11.5. The lowest BCUT2D eigenvalue weighted by Crippen LogP contribution is -2.42. The Balaban J connectivity index is 2.66. The molecule has 0 aliphatic carbocycles. The fourth-order valence-electron chi connectivity index (χ4n) is 1.56. The van der Waals surface area contributed by atoms with Crippen LogP contribution in [0.5, 0.6) is 0 Å². The Bertz CT molecular complexity index is 400. The molecule has 1 rings (SSSR count). The molecule has 0 radical (unpaired) electrons. The molecular weight excluding hydrogens is 246 g/mol. The van der Waals surface area contributed by atoms with Crippen molar-refractivity contribution in [2.45, 2.75) is 38.8 Å². The van der Waals surface area contributed by atoms with E-state index in [-0.39, 0.29) is 5.06 Å². The van der Waals surface area contributed by atoms with E-state index in [1.54, 1.807) is 20.8 Å². The molecule has 0 aliphatic heterocycles. The second kappa shape index (κ2) is 6.54. The Morgan fingerprint density at radius 3 is 2.42 bits per heavy atom. The fourth-order valence-corrected chi connectivity index (χ4v) is 1.56. The van der Waals surface area contributed by atoms with Crippen LogP contribution in [0.1, 0.15) is 26.3 Å². The third-order valence-electron chi connectivity index (χ3n) is 2.43. The number of aliphatic hydroxyl groups excluding tert-OH is 1. The number of carbonyl (C=O) groups is 1. The molecule has 19 heavy (non-hydrogen) atoms. The highest BCUT2D eigenvalue weighted by molar-refractivity contribution is 5.69. The summed E-state index contributed by atoms with van der Waals surface area (Å²) in [6.45, 7) is 4.65. The minimum atomic E-state index is -0.970. The Hall–Kier alpha value is -1.59. The summed E-state index contributed by atoms with van der Waals surface area (Å²) in [5.41, 5.74) is 0.151. The summed E-state index contributed by atoms with van der Waals surface area (Å²) in [6, 6.07) is 8.38. The molecule has 0 bridgehead atoms. The Labute approximate surface area is 113 Å². The number of benzene rings is 1. The van der Waals surface area contributed by atoms with Gasteiger partial charge in [-0.15, -0.1) is 0 Å². The quantitative estimate of drug-likeness (QED) is 0.849. The molecule has 1 N–H and O–H groups in total. The number of aliphatic hydroxyl groups is 1. The number of nitrogens with zero attached hydrogens (tertiary/aromatic N) is 1. The van der Waals surface area contributed by atoms with Crippen molar-refractivity contribution in [3.8, 4) is 0 Å². The van der Waals surface area contributed by atoms with Crippen molar-refractivity contribution in [1.29, 1.82) is 0 Å². The molecule has 0 heterocycles. The first-order valence-electron chi connectivity index (χ1n) is 6.17. The Morgan fingerprint density at radius 1 is 1.37 bits per heavy atom. The maximum Gasteiger partial charge on any atom is 0.399 e. The van der Waals surface area contributed by atoms with Gasteiger partial charge in [0.2, 0.25) is 0 Å². The molecule has 5 heteroatoms. The van der Waals surface area contributed by atoms with Gasteiger partial charge in [-0.1, -0.05) is 30.3 Å². The maximum atomic E-state index is 11.8. The molecule has 0 fully saturated rings. The van der Waals surface area contributed by atoms with Crippen LogP contribution in [0.4, 0.5) is 4.79 Å². The van der Waals surface area contributed by atoms with Crippen LogP contribution >= 0.6 is 0 Å². The van der Waals surface area contributed by atoms with E-state index < -0.39 is 24.3 Å². The molecule has 0 unspecified atom stereocenters. The number of hydrogen-bond donors (Lipinski definition) is 1. The van der Waals surface area contributed by atoms with Crippen LogP contribution in [0.25, 0.3) is 0 Å². The van der Waals surface area contributed by atoms with Crippen molar-refractivity contribution in [3.63, 3.8) is 0 Å². The van der Waals surface area contributed by atoms with Gasteiger partial charge in [0, 0.05) is 0 Å². The topological polar surface area (TPSA) is 72.8 Å². The summed E-state index contributed by atoms with van der Waals surface area (Å²) in [5.74, 6) is 0. The first-order valence-corrected chi connectivity index (χ1v) is 6.17. The van der Waals surface area contributed by atoms with Gasteiger partial charge in [-0.3, -0.25) is 0 Å². The lowest BCUT2D eigenvalue weighted by Gasteiger charge is -2.37. The largest absolute Gasteiger partial charge is 0.753 e. The molecule has 0 aromatic heterocycles. The molecule has 0 saturated carbocycles. The SMILES string of the molecule is CC(C)(C)OC(=O)N([O-])[C@H](CO)Cc1ccccc1. The molecule has 106 valence electrons. The van der Waals surface area contributed by atoms with E-state index >= 15 is 0 Å². The maximum absolute atomic E-state index is 11.8. The number of ether oxygens (including phenoxy) is 1. The molecule has 1 atom stereocenters. The van der Waals surface area contributed by atoms with Crippen molar-refractivity contribution in [2.24, 2.45) is 0 Å². The van der Waals surface area contributed by atoms with E-state index in [4.69, 9.17) is 4.74 Å². The second-order valence-electron chi connectivity index (χ2n) is 5.33. The average Bonchev–Trinajstić information content (AvgIpc) is 2.34. The number of carbonyl (C=O) groups excluding carboxylic acids is 1. The van der Waals surface area contributed by atoms with Gasteiger partial charge in [-0.25, -0.2) is 4.79 Å². The van der Waals surface area contributed by atoms with Crippen LogP contribution in [0.15, 0.2) is 30.3 Å². The van der Waals surface area contributed by atoms with Crippen LogP contribution in [0.3, 0.4) is 0 Å². The van der Waals surface area contributed by atoms with Gasteiger partial charge in [-0.2, -0.15) is 0 Å². The highest BCUT2D eigenvalue weighted by atomic mass is 16.6. The average molecular weight is 266 g/mol. The lowest BCUT2D eigenvalue weighted by molar-refractivity contribution is 0.0215. The van der Waals surface area contributed by atoms with E-state index in [2.05, 4.69) is 0 Å². The van der Waals surface area contributed by atoms with Crippen LogP contribution in [0.2, 0.25) is 0 Å². The third kappa shape index (κ3) is 5.28. The zero-order valence-electron chi connectivity index (χ0n) is 11.5. The Kier molecular flexibility index (Phi) is 5.32. The minimum Gasteiger partial charge on any atom is -0.753 e. The first kappa shape index (κ1) is 15.5. The highest BCUT2D eigenvalue weighted by Crippen LogP contribution is 2.13. The van der Waals surface area contributed by atoms with Crippen LogP contribution in [0, 0.1) is 5.21 Å². The van der Waals surface area contributed by atoms with Gasteiger partial charge in [0.15, 0.2) is 0 Å². The Morgan fingerprint density at radius 2 is 1.95 bits per heavy atom. The fraction of sp³-hybridized carbons (Fsp3) is 0.500. The molecule has 0 spiro atoms. The summed E-state index contributed by atoms with van der Waals surface area (Å²) in [7, 11) is 0. The van der Waals surface area contributed by atoms with Crippen molar-refractivity contribution in [2.75, 3.05) is 6.61 Å². The summed E-state index contributed by atoms with van der Waals surface area (Å²) < 4.78 is 4.98. The molecule has 0 aliphatic rings. The van der Waals surface area contributed by atoms with Crippen LogP contribution < -0.4 is 0 Å². The predicted molar refractivity (Wildman–Crippen MR) is 72.5 cm³/mol. The molecular formula is C14H20NO4-. The van der Waals surface area contributed by atoms with Gasteiger partial charge in [0.1, 0.15) is 5.60 Å². The van der Waals surface area contributed by atoms with E-state index in [0.717, 1.165) is 5.56 Å². The first-order chi connectivity index (χ1) is 8.83. The monoisotopic (exact) mass is 266 g/mol. The van der Waals surface area contributed by atoms with Crippen molar-refractivity contribution >= 4 is 6.09 Å². The second-order valence-corrected chi connectivity index (χ2v) is 5.33. The molecule has 5 nitrogen and oxygen atoms in total. The summed E-state index contributed by atoms with van der Waals surface area (Å²) in [6.07, 6.45) is -0.678. The van der Waals surface area contributed by atoms with Gasteiger partial charge in [0.05, 0.1) is 12.6 Å². The van der Waals surface area contributed by atoms with Crippen LogP contribution in [-0.4, -0.2) is 34.5 Å². The molecule has 1 aromatic rings. The normalized spacial score (nSPS) is 12.9. The minimum absolute atomic E-state index is 0.207. The number of rotatable bonds is 4. The number of hydroxylamine groups is 2. The molecule has 1 aromatic carbocycles. The summed E-state index contributed by atoms with van der Waals surface area (Å²) in [5, 5.41) is 21.3. The highest BCUT2D eigenvalue weighted by Gasteiger charge is 2.21. The van der Waals surface area contributed by atoms with E-state index in [1.165, 1.54) is 0 Å². The number of hydrogen-bond acceptors (Lipinski definition) is 4. The number of amides is 1. The van der Waals surface area contributed by atoms with E-state index in [0.29, 0.717) is 6.42 Å². The van der Waals surface area contributed by atoms with Gasteiger partial charge in [-0.05, 0) is 32.8 Å².